The molecule has 12 nitrogen and oxygen atoms in total. The van der Waals surface area contributed by atoms with E-state index in [9.17, 15) is 5.11 Å². The normalized spacial score (nSPS) is 15.6. The molecule has 0 saturated carbocycles. The summed E-state index contributed by atoms with van der Waals surface area (Å²) in [6, 6.07) is 3.69. The van der Waals surface area contributed by atoms with Crippen molar-refractivity contribution in [1.29, 1.82) is 0 Å². The van der Waals surface area contributed by atoms with Gasteiger partial charge in [-0.3, -0.25) is 5.10 Å². The monoisotopic (exact) mass is 480 g/mol. The van der Waals surface area contributed by atoms with Gasteiger partial charge < -0.3 is 34.1 Å². The first-order chi connectivity index (χ1) is 17.1. The third kappa shape index (κ3) is 4.05. The average molecular weight is 481 g/mol. The highest BCUT2D eigenvalue weighted by Gasteiger charge is 2.27. The summed E-state index contributed by atoms with van der Waals surface area (Å²) >= 11 is 0. The molecule has 0 spiro atoms. The molecule has 3 N–H and O–H groups in total. The van der Waals surface area contributed by atoms with Crippen LogP contribution in [0, 0.1) is 6.92 Å². The van der Waals surface area contributed by atoms with Crippen LogP contribution < -0.4 is 24.4 Å². The maximum Gasteiger partial charge on any atom is 0.229 e. The Morgan fingerprint density at radius 1 is 1.14 bits per heavy atom. The molecule has 0 amide bonds. The van der Waals surface area contributed by atoms with Crippen LogP contribution in [0.1, 0.15) is 18.5 Å². The van der Waals surface area contributed by atoms with Gasteiger partial charge in [-0.2, -0.15) is 15.1 Å². The summed E-state index contributed by atoms with van der Waals surface area (Å²) in [5.74, 6) is 3.33. The summed E-state index contributed by atoms with van der Waals surface area (Å²) in [6.07, 6.45) is 5.41. The minimum Gasteiger partial charge on any atom is -0.493 e. The number of aryl methyl sites for hydroxylation is 1. The van der Waals surface area contributed by atoms with Gasteiger partial charge in [0.2, 0.25) is 11.7 Å². The van der Waals surface area contributed by atoms with Crippen molar-refractivity contribution in [3.05, 3.63) is 30.4 Å². The van der Waals surface area contributed by atoms with E-state index in [4.69, 9.17) is 19.2 Å². The summed E-state index contributed by atoms with van der Waals surface area (Å²) in [5, 5.41) is 21.2. The summed E-state index contributed by atoms with van der Waals surface area (Å²) in [7, 11) is 4.72. The van der Waals surface area contributed by atoms with Crippen LogP contribution in [0.25, 0.3) is 16.7 Å². The van der Waals surface area contributed by atoms with Crippen LogP contribution in [0.3, 0.4) is 0 Å². The number of aromatic amines is 1. The van der Waals surface area contributed by atoms with E-state index in [0.29, 0.717) is 40.5 Å². The molecule has 4 aromatic rings. The molecule has 0 bridgehead atoms. The van der Waals surface area contributed by atoms with Crippen molar-refractivity contribution in [3.8, 4) is 22.9 Å². The number of aliphatic hydroxyl groups is 1. The van der Waals surface area contributed by atoms with Crippen molar-refractivity contribution < 1.29 is 19.3 Å². The van der Waals surface area contributed by atoms with Gasteiger partial charge in [0.25, 0.3) is 0 Å². The van der Waals surface area contributed by atoms with Gasteiger partial charge in [-0.25, -0.2) is 4.98 Å². The number of aliphatic hydroxyl groups excluding tert-OH is 1. The molecule has 4 heterocycles. The third-order valence-corrected chi connectivity index (χ3v) is 6.20. The molecular weight excluding hydrogens is 452 g/mol. The van der Waals surface area contributed by atoms with Gasteiger partial charge in [0.15, 0.2) is 17.1 Å². The molecule has 0 aliphatic carbocycles. The number of rotatable bonds is 8. The molecule has 1 aromatic carbocycles. The smallest absolute Gasteiger partial charge is 0.229 e. The second-order valence-electron chi connectivity index (χ2n) is 8.27. The van der Waals surface area contributed by atoms with Gasteiger partial charge in [0, 0.05) is 24.4 Å². The molecule has 12 heteroatoms. The van der Waals surface area contributed by atoms with E-state index in [0.717, 1.165) is 36.2 Å². The molecular formula is C23H28N8O4. The van der Waals surface area contributed by atoms with E-state index in [-0.39, 0.29) is 12.6 Å². The van der Waals surface area contributed by atoms with E-state index in [1.165, 1.54) is 0 Å². The Morgan fingerprint density at radius 3 is 2.60 bits per heavy atom. The van der Waals surface area contributed by atoms with Crippen LogP contribution in [0.5, 0.6) is 17.2 Å². The van der Waals surface area contributed by atoms with Gasteiger partial charge in [-0.15, -0.1) is 0 Å². The lowest BCUT2D eigenvalue weighted by Crippen LogP contribution is -2.33. The lowest BCUT2D eigenvalue weighted by Gasteiger charge is -2.23. The summed E-state index contributed by atoms with van der Waals surface area (Å²) < 4.78 is 18.2. The van der Waals surface area contributed by atoms with Gasteiger partial charge in [-0.05, 0) is 19.8 Å². The second-order valence-corrected chi connectivity index (χ2v) is 8.27. The lowest BCUT2D eigenvalue weighted by atomic mass is 10.2. The molecule has 1 fully saturated rings. The first-order valence-corrected chi connectivity index (χ1v) is 11.3. The van der Waals surface area contributed by atoms with Crippen molar-refractivity contribution in [2.75, 3.05) is 44.7 Å². The Labute approximate surface area is 201 Å². The largest absolute Gasteiger partial charge is 0.493 e. The number of ether oxygens (including phenoxy) is 3. The Bertz CT molecular complexity index is 1330. The summed E-state index contributed by atoms with van der Waals surface area (Å²) in [4.78, 5) is 16.0. The van der Waals surface area contributed by atoms with E-state index in [2.05, 4.69) is 25.5 Å². The predicted octanol–water partition coefficient (Wildman–Crippen LogP) is 2.58. The van der Waals surface area contributed by atoms with E-state index >= 15 is 0 Å². The quantitative estimate of drug-likeness (QED) is 0.345. The SMILES string of the molecule is COc1cc(-n2cnc(Nc3nc(N4CCC[C@H]4CO)nc4n[nH]c(C)c34)c2)cc(OC)c1OC. The number of anilines is 3. The number of imidazole rings is 1. The molecule has 1 saturated heterocycles. The molecule has 0 unspecified atom stereocenters. The Kier molecular flexibility index (Phi) is 6.03. The molecule has 1 atom stereocenters. The molecule has 0 radical (unpaired) electrons. The van der Waals surface area contributed by atoms with Crippen LogP contribution in [0.2, 0.25) is 0 Å². The van der Waals surface area contributed by atoms with Crippen LogP contribution in [0.15, 0.2) is 24.7 Å². The lowest BCUT2D eigenvalue weighted by molar-refractivity contribution is 0.265. The predicted molar refractivity (Wildman–Crippen MR) is 130 cm³/mol. The van der Waals surface area contributed by atoms with Crippen molar-refractivity contribution in [3.63, 3.8) is 0 Å². The highest BCUT2D eigenvalue weighted by molar-refractivity contribution is 5.91. The molecule has 1 aliphatic rings. The van der Waals surface area contributed by atoms with Gasteiger partial charge in [0.05, 0.1) is 51.2 Å². The summed E-state index contributed by atoms with van der Waals surface area (Å²) in [6.45, 7) is 2.77. The molecule has 184 valence electrons. The van der Waals surface area contributed by atoms with Crippen LogP contribution in [-0.2, 0) is 0 Å². The van der Waals surface area contributed by atoms with Gasteiger partial charge >= 0.3 is 0 Å². The van der Waals surface area contributed by atoms with Gasteiger partial charge in [-0.1, -0.05) is 0 Å². The number of H-pyrrole nitrogens is 1. The zero-order valence-corrected chi connectivity index (χ0v) is 20.1. The number of nitrogens with one attached hydrogen (secondary N) is 2. The van der Waals surface area contributed by atoms with Gasteiger partial charge in [0.1, 0.15) is 18.0 Å². The standard InChI is InChI=1S/C23H28N8O4/c1-13-19-21(26-23(27-22(19)29-28-13)31-7-5-6-14(31)11-32)25-18-10-30(12-24-18)15-8-16(33-2)20(35-4)17(9-15)34-3/h8-10,12,14,32H,5-7,11H2,1-4H3,(H2,25,26,27,28,29)/t14-/m0/s1. The van der Waals surface area contributed by atoms with Crippen molar-refractivity contribution in [2.24, 2.45) is 0 Å². The maximum absolute atomic E-state index is 9.77. The highest BCUT2D eigenvalue weighted by atomic mass is 16.5. The minimum absolute atomic E-state index is 0.000389. The second kappa shape index (κ2) is 9.29. The zero-order chi connectivity index (χ0) is 24.5. The molecule has 3 aromatic heterocycles. The Hall–Kier alpha value is -4.06. The van der Waals surface area contributed by atoms with E-state index < -0.39 is 0 Å². The highest BCUT2D eigenvalue weighted by Crippen LogP contribution is 2.39. The number of aromatic nitrogens is 6. The first kappa shape index (κ1) is 22.7. The summed E-state index contributed by atoms with van der Waals surface area (Å²) in [5.41, 5.74) is 2.19. The fourth-order valence-electron chi connectivity index (χ4n) is 4.43. The number of hydrogen-bond donors (Lipinski definition) is 3. The van der Waals surface area contributed by atoms with Crippen LogP contribution in [0.4, 0.5) is 17.6 Å². The Morgan fingerprint density at radius 2 is 1.91 bits per heavy atom. The molecule has 1 aliphatic heterocycles. The fourth-order valence-corrected chi connectivity index (χ4v) is 4.43. The van der Waals surface area contributed by atoms with Crippen molar-refractivity contribution in [1.82, 2.24) is 29.7 Å². The molecule has 5 rings (SSSR count). The maximum atomic E-state index is 9.77. The number of methoxy groups -OCH3 is 3. The van der Waals surface area contributed by atoms with E-state index in [1.807, 2.05) is 34.7 Å². The number of nitrogens with zero attached hydrogens (tertiary/aromatic N) is 6. The Balaban J connectivity index is 1.50. The van der Waals surface area contributed by atoms with Crippen molar-refractivity contribution in [2.45, 2.75) is 25.8 Å². The van der Waals surface area contributed by atoms with Crippen LogP contribution >= 0.6 is 0 Å². The number of benzene rings is 1. The zero-order valence-electron chi connectivity index (χ0n) is 20.1. The third-order valence-electron chi connectivity index (χ3n) is 6.20. The number of fused-ring (bicyclic) bond motifs is 1. The fraction of sp³-hybridized carbons (Fsp3) is 0.391. The minimum atomic E-state index is -0.000389. The topological polar surface area (TPSA) is 135 Å². The van der Waals surface area contributed by atoms with Crippen LogP contribution in [-0.4, -0.2) is 75.3 Å². The van der Waals surface area contributed by atoms with Crippen molar-refractivity contribution >= 4 is 28.6 Å². The average Bonchev–Trinajstić information content (AvgIpc) is 3.63. The first-order valence-electron chi connectivity index (χ1n) is 11.3. The number of hydrogen-bond acceptors (Lipinski definition) is 10. The molecule has 35 heavy (non-hydrogen) atoms. The van der Waals surface area contributed by atoms with E-state index in [1.54, 1.807) is 27.7 Å².